The molecule has 0 bridgehead atoms. The van der Waals surface area contributed by atoms with E-state index in [2.05, 4.69) is 25.9 Å². The number of carbonyl (C=O) groups excluding carboxylic acids is 1. The molecule has 1 aromatic carbocycles. The van der Waals surface area contributed by atoms with Crippen molar-refractivity contribution in [3.63, 3.8) is 0 Å². The average Bonchev–Trinajstić information content (AvgIpc) is 2.66. The standard InChI is InChI=1S/C19H22FN7O3S/c1-19(2,3)17(27-18(24-11-21)25-12-5-4-8-23-10-12)26-16(28)14-7-6-13(9-15(14)20)31(22,29)30/h4-10,17H,1-3H3,(H,26,28)(H2,22,29,30)(H2,24,25,27). The Bertz CT molecular complexity index is 1120. The minimum Gasteiger partial charge on any atom is -0.330 e. The number of amides is 1. The highest BCUT2D eigenvalue weighted by Crippen LogP contribution is 2.22. The van der Waals surface area contributed by atoms with Gasteiger partial charge in [-0.2, -0.15) is 5.26 Å². The van der Waals surface area contributed by atoms with Crippen LogP contribution < -0.4 is 21.1 Å². The van der Waals surface area contributed by atoms with Crippen LogP contribution in [0, 0.1) is 22.7 Å². The fraction of sp³-hybridized carbons (Fsp3) is 0.263. The van der Waals surface area contributed by atoms with Crippen molar-refractivity contribution in [1.82, 2.24) is 15.6 Å². The monoisotopic (exact) mass is 447 g/mol. The molecule has 0 aliphatic rings. The van der Waals surface area contributed by atoms with Crippen molar-refractivity contribution >= 4 is 27.6 Å². The first-order valence-electron chi connectivity index (χ1n) is 8.95. The van der Waals surface area contributed by atoms with Gasteiger partial charge in [-0.3, -0.25) is 15.1 Å². The number of halogens is 1. The number of pyridine rings is 1. The van der Waals surface area contributed by atoms with E-state index < -0.39 is 38.2 Å². The van der Waals surface area contributed by atoms with Gasteiger partial charge in [-0.25, -0.2) is 22.9 Å². The molecule has 0 radical (unpaired) electrons. The van der Waals surface area contributed by atoms with Crippen LogP contribution in [0.25, 0.3) is 0 Å². The molecule has 12 heteroatoms. The normalized spacial score (nSPS) is 13.1. The van der Waals surface area contributed by atoms with Gasteiger partial charge in [-0.05, 0) is 30.3 Å². The van der Waals surface area contributed by atoms with E-state index >= 15 is 0 Å². The second-order valence-corrected chi connectivity index (χ2v) is 9.07. The Morgan fingerprint density at radius 2 is 2.03 bits per heavy atom. The Labute approximate surface area is 179 Å². The zero-order chi connectivity index (χ0) is 23.2. The smallest absolute Gasteiger partial charge is 0.255 e. The third kappa shape index (κ3) is 6.73. The molecule has 0 saturated heterocycles. The van der Waals surface area contributed by atoms with E-state index in [0.29, 0.717) is 11.8 Å². The van der Waals surface area contributed by atoms with Crippen LogP contribution in [-0.4, -0.2) is 31.4 Å². The molecular weight excluding hydrogens is 425 g/mol. The molecule has 1 aromatic heterocycles. The lowest BCUT2D eigenvalue weighted by molar-refractivity contribution is 0.0902. The molecule has 164 valence electrons. The van der Waals surface area contributed by atoms with Crippen LogP contribution in [0.5, 0.6) is 0 Å². The number of nitrogens with two attached hydrogens (primary N) is 1. The molecular formula is C19H22FN7O3S. The SMILES string of the molecule is CC(C)(C)C(N=C(NC#N)Nc1cccnc1)NC(=O)c1ccc(S(N)(=O)=O)cc1F. The van der Waals surface area contributed by atoms with Gasteiger partial charge in [-0.15, -0.1) is 0 Å². The summed E-state index contributed by atoms with van der Waals surface area (Å²) in [6.45, 7) is 5.36. The highest BCUT2D eigenvalue weighted by molar-refractivity contribution is 7.89. The van der Waals surface area contributed by atoms with Gasteiger partial charge in [0.25, 0.3) is 5.91 Å². The number of guanidine groups is 1. The molecule has 0 saturated carbocycles. The number of nitrogens with one attached hydrogen (secondary N) is 3. The summed E-state index contributed by atoms with van der Waals surface area (Å²) >= 11 is 0. The maximum absolute atomic E-state index is 14.4. The predicted molar refractivity (Wildman–Crippen MR) is 113 cm³/mol. The van der Waals surface area contributed by atoms with Gasteiger partial charge in [0.2, 0.25) is 16.0 Å². The summed E-state index contributed by atoms with van der Waals surface area (Å²) < 4.78 is 37.1. The first kappa shape index (κ1) is 23.7. The zero-order valence-electron chi connectivity index (χ0n) is 17.0. The first-order chi connectivity index (χ1) is 14.4. The minimum absolute atomic E-state index is 0.0424. The number of nitriles is 1. The summed E-state index contributed by atoms with van der Waals surface area (Å²) in [7, 11) is -4.11. The van der Waals surface area contributed by atoms with Crippen LogP contribution in [0.2, 0.25) is 0 Å². The lowest BCUT2D eigenvalue weighted by Gasteiger charge is -2.29. The molecule has 1 atom stereocenters. The summed E-state index contributed by atoms with van der Waals surface area (Å²) in [4.78, 5) is 20.5. The zero-order valence-corrected chi connectivity index (χ0v) is 17.9. The molecule has 1 unspecified atom stereocenters. The van der Waals surface area contributed by atoms with E-state index in [4.69, 9.17) is 10.4 Å². The molecule has 2 aromatic rings. The average molecular weight is 447 g/mol. The maximum atomic E-state index is 14.4. The lowest BCUT2D eigenvalue weighted by Crippen LogP contribution is -2.45. The number of hydrogen-bond donors (Lipinski definition) is 4. The van der Waals surface area contributed by atoms with Crippen LogP contribution in [0.15, 0.2) is 52.6 Å². The van der Waals surface area contributed by atoms with E-state index in [1.54, 1.807) is 45.3 Å². The number of primary sulfonamides is 1. The second kappa shape index (κ2) is 9.50. The Hall–Kier alpha value is -3.56. The number of sulfonamides is 1. The fourth-order valence-electron chi connectivity index (χ4n) is 2.35. The lowest BCUT2D eigenvalue weighted by atomic mass is 9.92. The van der Waals surface area contributed by atoms with Crippen molar-refractivity contribution in [1.29, 1.82) is 5.26 Å². The quantitative estimate of drug-likeness (QED) is 0.234. The molecule has 31 heavy (non-hydrogen) atoms. The van der Waals surface area contributed by atoms with Crippen molar-refractivity contribution in [2.24, 2.45) is 15.5 Å². The first-order valence-corrected chi connectivity index (χ1v) is 10.5. The number of rotatable bonds is 5. The van der Waals surface area contributed by atoms with Gasteiger partial charge >= 0.3 is 0 Å². The number of aliphatic imine (C=N–C) groups is 1. The van der Waals surface area contributed by atoms with Gasteiger partial charge in [0.15, 0.2) is 6.19 Å². The van der Waals surface area contributed by atoms with E-state index in [1.807, 2.05) is 0 Å². The number of aromatic nitrogens is 1. The summed E-state index contributed by atoms with van der Waals surface area (Å²) in [6, 6.07) is 6.12. The molecule has 0 spiro atoms. The highest BCUT2D eigenvalue weighted by atomic mass is 32.2. The molecule has 0 fully saturated rings. The number of anilines is 1. The van der Waals surface area contributed by atoms with Crippen molar-refractivity contribution in [3.05, 3.63) is 54.1 Å². The number of benzene rings is 1. The highest BCUT2D eigenvalue weighted by Gasteiger charge is 2.28. The van der Waals surface area contributed by atoms with Crippen molar-refractivity contribution in [2.45, 2.75) is 31.8 Å². The molecule has 5 N–H and O–H groups in total. The molecule has 1 amide bonds. The topological polar surface area (TPSA) is 162 Å². The third-order valence-electron chi connectivity index (χ3n) is 3.96. The summed E-state index contributed by atoms with van der Waals surface area (Å²) in [5, 5.41) is 21.9. The molecule has 1 heterocycles. The van der Waals surface area contributed by atoms with Crippen LogP contribution in [0.1, 0.15) is 31.1 Å². The Morgan fingerprint density at radius 1 is 1.32 bits per heavy atom. The predicted octanol–water partition coefficient (Wildman–Crippen LogP) is 1.51. The molecule has 10 nitrogen and oxygen atoms in total. The minimum atomic E-state index is -4.11. The van der Waals surface area contributed by atoms with Crippen LogP contribution in [0.3, 0.4) is 0 Å². The second-order valence-electron chi connectivity index (χ2n) is 7.51. The Morgan fingerprint density at radius 3 is 2.55 bits per heavy atom. The van der Waals surface area contributed by atoms with Gasteiger partial charge in [0, 0.05) is 11.6 Å². The van der Waals surface area contributed by atoms with E-state index in [0.717, 1.165) is 12.1 Å². The summed E-state index contributed by atoms with van der Waals surface area (Å²) in [5.41, 5.74) is -0.467. The third-order valence-corrected chi connectivity index (χ3v) is 4.87. The van der Waals surface area contributed by atoms with Crippen LogP contribution >= 0.6 is 0 Å². The number of hydrogen-bond acceptors (Lipinski definition) is 6. The van der Waals surface area contributed by atoms with E-state index in [9.17, 15) is 17.6 Å². The van der Waals surface area contributed by atoms with Crippen LogP contribution in [-0.2, 0) is 10.0 Å². The van der Waals surface area contributed by atoms with Gasteiger partial charge in [-0.1, -0.05) is 20.8 Å². The van der Waals surface area contributed by atoms with E-state index in [-0.39, 0.29) is 11.5 Å². The number of carbonyl (C=O) groups is 1. The van der Waals surface area contributed by atoms with Gasteiger partial charge < -0.3 is 10.6 Å². The Balaban J connectivity index is 2.33. The molecule has 0 aliphatic carbocycles. The largest absolute Gasteiger partial charge is 0.330 e. The maximum Gasteiger partial charge on any atom is 0.255 e. The van der Waals surface area contributed by atoms with Gasteiger partial charge in [0.05, 0.1) is 22.3 Å². The van der Waals surface area contributed by atoms with Crippen LogP contribution in [0.4, 0.5) is 10.1 Å². The number of nitrogens with zero attached hydrogens (tertiary/aromatic N) is 3. The summed E-state index contributed by atoms with van der Waals surface area (Å²) in [6.07, 6.45) is 3.96. The fourth-order valence-corrected chi connectivity index (χ4v) is 2.88. The van der Waals surface area contributed by atoms with E-state index in [1.165, 1.54) is 6.20 Å². The van der Waals surface area contributed by atoms with Crippen molar-refractivity contribution in [2.75, 3.05) is 5.32 Å². The van der Waals surface area contributed by atoms with Gasteiger partial charge in [0.1, 0.15) is 12.0 Å². The van der Waals surface area contributed by atoms with Crippen molar-refractivity contribution in [3.8, 4) is 6.19 Å². The molecule has 0 aliphatic heterocycles. The Kier molecular flexibility index (Phi) is 7.27. The summed E-state index contributed by atoms with van der Waals surface area (Å²) in [5.74, 6) is -1.83. The molecule has 2 rings (SSSR count). The van der Waals surface area contributed by atoms with Crippen molar-refractivity contribution < 1.29 is 17.6 Å².